The average Bonchev–Trinajstić information content (AvgIpc) is 2.71. The Balaban J connectivity index is 2.09. The monoisotopic (exact) mass is 249 g/mol. The summed E-state index contributed by atoms with van der Waals surface area (Å²) in [7, 11) is 4.08. The van der Waals surface area contributed by atoms with Crippen molar-refractivity contribution in [2.24, 2.45) is 5.92 Å². The van der Waals surface area contributed by atoms with E-state index in [2.05, 4.69) is 21.8 Å². The van der Waals surface area contributed by atoms with Crippen molar-refractivity contribution in [3.63, 3.8) is 0 Å². The summed E-state index contributed by atoms with van der Waals surface area (Å²) < 4.78 is 0. The van der Waals surface area contributed by atoms with Gasteiger partial charge in [-0.2, -0.15) is 0 Å². The second-order valence-corrected chi connectivity index (χ2v) is 5.04. The molecule has 1 aliphatic rings. The molecule has 0 aromatic carbocycles. The molecule has 1 aliphatic heterocycles. The zero-order chi connectivity index (χ0) is 13.3. The molecule has 0 saturated carbocycles. The van der Waals surface area contributed by atoms with Crippen LogP contribution in [0.4, 0.5) is 5.82 Å². The van der Waals surface area contributed by atoms with Crippen LogP contribution in [0.2, 0.25) is 0 Å². The number of nitrogen functional groups attached to an aromatic ring is 1. The van der Waals surface area contributed by atoms with E-state index in [1.165, 1.54) is 12.4 Å². The molecule has 2 atom stereocenters. The molecule has 0 bridgehead atoms. The van der Waals surface area contributed by atoms with E-state index in [-0.39, 0.29) is 5.91 Å². The van der Waals surface area contributed by atoms with Crippen LogP contribution < -0.4 is 5.73 Å². The largest absolute Gasteiger partial charge is 0.382 e. The Bertz CT molecular complexity index is 431. The number of carbonyl (C=O) groups is 1. The van der Waals surface area contributed by atoms with Gasteiger partial charge in [-0.15, -0.1) is 0 Å². The van der Waals surface area contributed by atoms with Gasteiger partial charge in [0.1, 0.15) is 11.5 Å². The highest BCUT2D eigenvalue weighted by atomic mass is 16.2. The summed E-state index contributed by atoms with van der Waals surface area (Å²) in [4.78, 5) is 24.2. The number of likely N-dealkylation sites (tertiary alicyclic amines) is 1. The predicted molar refractivity (Wildman–Crippen MR) is 69.0 cm³/mol. The number of hydrogen-bond acceptors (Lipinski definition) is 5. The molecule has 98 valence electrons. The van der Waals surface area contributed by atoms with Gasteiger partial charge in [0.25, 0.3) is 5.91 Å². The third kappa shape index (κ3) is 2.43. The Labute approximate surface area is 107 Å². The predicted octanol–water partition coefficient (Wildman–Crippen LogP) is 0.0809. The molecule has 18 heavy (non-hydrogen) atoms. The number of rotatable bonds is 2. The van der Waals surface area contributed by atoms with E-state index in [0.717, 1.165) is 13.1 Å². The topological polar surface area (TPSA) is 75.3 Å². The quantitative estimate of drug-likeness (QED) is 0.803. The second-order valence-electron chi connectivity index (χ2n) is 5.04. The molecule has 2 unspecified atom stereocenters. The molecule has 1 aromatic rings. The summed E-state index contributed by atoms with van der Waals surface area (Å²) in [6.07, 6.45) is 2.85. The zero-order valence-electron chi connectivity index (χ0n) is 11.0. The van der Waals surface area contributed by atoms with E-state index in [4.69, 9.17) is 5.73 Å². The molecular formula is C12H19N5O. The van der Waals surface area contributed by atoms with Crippen molar-refractivity contribution < 1.29 is 4.79 Å². The van der Waals surface area contributed by atoms with Gasteiger partial charge in [-0.05, 0) is 20.0 Å². The summed E-state index contributed by atoms with van der Waals surface area (Å²) in [5.41, 5.74) is 5.82. The molecular weight excluding hydrogens is 230 g/mol. The van der Waals surface area contributed by atoms with E-state index in [1.54, 1.807) is 0 Å². The van der Waals surface area contributed by atoms with Crippen molar-refractivity contribution >= 4 is 11.7 Å². The molecule has 6 heteroatoms. The lowest BCUT2D eigenvalue weighted by molar-refractivity contribution is 0.0775. The van der Waals surface area contributed by atoms with Crippen molar-refractivity contribution in [1.82, 2.24) is 19.8 Å². The van der Waals surface area contributed by atoms with Gasteiger partial charge in [0.15, 0.2) is 0 Å². The number of carbonyl (C=O) groups excluding carboxylic acids is 1. The summed E-state index contributed by atoms with van der Waals surface area (Å²) in [5.74, 6) is 0.719. The van der Waals surface area contributed by atoms with Crippen LogP contribution in [0.15, 0.2) is 12.4 Å². The van der Waals surface area contributed by atoms with Crippen LogP contribution in [0.3, 0.4) is 0 Å². The van der Waals surface area contributed by atoms with Gasteiger partial charge >= 0.3 is 0 Å². The summed E-state index contributed by atoms with van der Waals surface area (Å²) >= 11 is 0. The number of hydrogen-bond donors (Lipinski definition) is 1. The SMILES string of the molecule is CC1CN(C(=O)c2cnc(N)cn2)CC1N(C)C. The molecule has 0 aliphatic carbocycles. The molecule has 1 aromatic heterocycles. The first-order chi connectivity index (χ1) is 8.49. The third-order valence-corrected chi connectivity index (χ3v) is 3.41. The summed E-state index contributed by atoms with van der Waals surface area (Å²) in [6.45, 7) is 3.65. The Morgan fingerprint density at radius 2 is 2.11 bits per heavy atom. The molecule has 2 heterocycles. The maximum Gasteiger partial charge on any atom is 0.274 e. The second kappa shape index (κ2) is 4.89. The van der Waals surface area contributed by atoms with Crippen LogP contribution in [0.25, 0.3) is 0 Å². The van der Waals surface area contributed by atoms with Gasteiger partial charge in [-0.1, -0.05) is 6.92 Å². The van der Waals surface area contributed by atoms with E-state index in [0.29, 0.717) is 23.5 Å². The van der Waals surface area contributed by atoms with Crippen molar-refractivity contribution in [3.8, 4) is 0 Å². The van der Waals surface area contributed by atoms with Crippen molar-refractivity contribution in [1.29, 1.82) is 0 Å². The Morgan fingerprint density at radius 1 is 1.39 bits per heavy atom. The Kier molecular flexibility index (Phi) is 3.47. The number of amides is 1. The highest BCUT2D eigenvalue weighted by molar-refractivity contribution is 5.92. The lowest BCUT2D eigenvalue weighted by Gasteiger charge is -2.22. The number of nitrogens with two attached hydrogens (primary N) is 1. The van der Waals surface area contributed by atoms with Crippen LogP contribution >= 0.6 is 0 Å². The molecule has 0 radical (unpaired) electrons. The van der Waals surface area contributed by atoms with Crippen molar-refractivity contribution in [2.75, 3.05) is 32.9 Å². The number of likely N-dealkylation sites (N-methyl/N-ethyl adjacent to an activating group) is 1. The van der Waals surface area contributed by atoms with E-state index in [1.807, 2.05) is 19.0 Å². The highest BCUT2D eigenvalue weighted by Crippen LogP contribution is 2.21. The van der Waals surface area contributed by atoms with Crippen molar-refractivity contribution in [2.45, 2.75) is 13.0 Å². The van der Waals surface area contributed by atoms with Crippen LogP contribution in [0, 0.1) is 5.92 Å². The molecule has 2 rings (SSSR count). The fourth-order valence-electron chi connectivity index (χ4n) is 2.40. The van der Waals surface area contributed by atoms with E-state index < -0.39 is 0 Å². The normalized spacial score (nSPS) is 23.7. The van der Waals surface area contributed by atoms with Crippen molar-refractivity contribution in [3.05, 3.63) is 18.1 Å². The van der Waals surface area contributed by atoms with E-state index in [9.17, 15) is 4.79 Å². The summed E-state index contributed by atoms with van der Waals surface area (Å²) in [6, 6.07) is 0.399. The van der Waals surface area contributed by atoms with Crippen LogP contribution in [0.1, 0.15) is 17.4 Å². The Morgan fingerprint density at radius 3 is 2.61 bits per heavy atom. The van der Waals surface area contributed by atoms with Crippen LogP contribution in [-0.2, 0) is 0 Å². The number of aromatic nitrogens is 2. The maximum absolute atomic E-state index is 12.2. The molecule has 6 nitrogen and oxygen atoms in total. The van der Waals surface area contributed by atoms with E-state index >= 15 is 0 Å². The first-order valence-corrected chi connectivity index (χ1v) is 6.02. The minimum absolute atomic E-state index is 0.0706. The zero-order valence-corrected chi connectivity index (χ0v) is 11.0. The standard InChI is InChI=1S/C12H19N5O/c1-8-6-17(7-10(8)16(2)3)12(18)9-4-15-11(13)5-14-9/h4-5,8,10H,6-7H2,1-3H3,(H2,13,15). The third-order valence-electron chi connectivity index (χ3n) is 3.41. The Hall–Kier alpha value is -1.69. The van der Waals surface area contributed by atoms with Gasteiger partial charge in [0.2, 0.25) is 0 Å². The molecule has 1 amide bonds. The molecule has 1 fully saturated rings. The van der Waals surface area contributed by atoms with Gasteiger partial charge in [-0.25, -0.2) is 9.97 Å². The minimum Gasteiger partial charge on any atom is -0.382 e. The summed E-state index contributed by atoms with van der Waals surface area (Å²) in [5, 5.41) is 0. The minimum atomic E-state index is -0.0706. The lowest BCUT2D eigenvalue weighted by atomic mass is 10.1. The first kappa shape index (κ1) is 12.8. The smallest absolute Gasteiger partial charge is 0.274 e. The van der Waals surface area contributed by atoms with Crippen LogP contribution in [-0.4, -0.2) is 58.9 Å². The first-order valence-electron chi connectivity index (χ1n) is 6.02. The molecule has 1 saturated heterocycles. The number of nitrogens with zero attached hydrogens (tertiary/aromatic N) is 4. The fraction of sp³-hybridized carbons (Fsp3) is 0.583. The van der Waals surface area contributed by atoms with Gasteiger partial charge in [0, 0.05) is 19.1 Å². The van der Waals surface area contributed by atoms with Gasteiger partial charge < -0.3 is 15.5 Å². The highest BCUT2D eigenvalue weighted by Gasteiger charge is 2.34. The van der Waals surface area contributed by atoms with Crippen LogP contribution in [0.5, 0.6) is 0 Å². The van der Waals surface area contributed by atoms with Gasteiger partial charge in [-0.3, -0.25) is 4.79 Å². The number of anilines is 1. The van der Waals surface area contributed by atoms with Gasteiger partial charge in [0.05, 0.1) is 12.4 Å². The lowest BCUT2D eigenvalue weighted by Crippen LogP contribution is -2.36. The fourth-order valence-corrected chi connectivity index (χ4v) is 2.40. The molecule has 2 N–H and O–H groups in total. The average molecular weight is 249 g/mol. The maximum atomic E-state index is 12.2. The molecule has 0 spiro atoms.